The summed E-state index contributed by atoms with van der Waals surface area (Å²) in [7, 11) is 0. The van der Waals surface area contributed by atoms with E-state index in [-0.39, 0.29) is 5.82 Å². The molecule has 7 heteroatoms. The van der Waals surface area contributed by atoms with Gasteiger partial charge in [0.1, 0.15) is 5.82 Å². The Labute approximate surface area is 118 Å². The average Bonchev–Trinajstić information content (AvgIpc) is 2.89. The van der Waals surface area contributed by atoms with Gasteiger partial charge in [0.25, 0.3) is 0 Å². The molecule has 1 aliphatic carbocycles. The Hall–Kier alpha value is -2.02. The van der Waals surface area contributed by atoms with Crippen LogP contribution in [0.15, 0.2) is 18.2 Å². The largest absolute Gasteiger partial charge is 0.398 e. The monoisotopic (exact) mass is 289 g/mol. The second-order valence-corrected chi connectivity index (χ2v) is 5.95. The summed E-state index contributed by atoms with van der Waals surface area (Å²) in [5.41, 5.74) is 6.60. The molecular weight excluding hydrogens is 277 g/mol. The van der Waals surface area contributed by atoms with E-state index >= 15 is 0 Å². The molecular formula is C13H12FN5S. The second-order valence-electron chi connectivity index (χ2n) is 4.99. The van der Waals surface area contributed by atoms with E-state index in [1.807, 2.05) is 0 Å². The third-order valence-corrected chi connectivity index (χ3v) is 4.66. The summed E-state index contributed by atoms with van der Waals surface area (Å²) in [6, 6.07) is 4.66. The van der Waals surface area contributed by atoms with Crippen molar-refractivity contribution in [3.05, 3.63) is 29.8 Å². The van der Waals surface area contributed by atoms with Crippen LogP contribution in [0, 0.1) is 5.82 Å². The lowest BCUT2D eigenvalue weighted by Crippen LogP contribution is -2.13. The van der Waals surface area contributed by atoms with Gasteiger partial charge in [0.15, 0.2) is 10.8 Å². The number of hydrogen-bond acceptors (Lipinski definition) is 5. The molecule has 2 aromatic heterocycles. The van der Waals surface area contributed by atoms with E-state index < -0.39 is 0 Å². The summed E-state index contributed by atoms with van der Waals surface area (Å²) >= 11 is 1.31. The fraction of sp³-hybridized carbons (Fsp3) is 0.308. The van der Waals surface area contributed by atoms with Gasteiger partial charge in [-0.15, -0.1) is 10.2 Å². The molecule has 1 saturated carbocycles. The van der Waals surface area contributed by atoms with Crippen LogP contribution >= 0.6 is 11.3 Å². The Kier molecular flexibility index (Phi) is 2.50. The van der Waals surface area contributed by atoms with Gasteiger partial charge >= 0.3 is 0 Å². The lowest BCUT2D eigenvalue weighted by Gasteiger charge is -2.22. The summed E-state index contributed by atoms with van der Waals surface area (Å²) in [5.74, 6) is 0.946. The quantitative estimate of drug-likeness (QED) is 0.736. The van der Waals surface area contributed by atoms with Crippen molar-refractivity contribution >= 4 is 22.0 Å². The summed E-state index contributed by atoms with van der Waals surface area (Å²) < 4.78 is 15.7. The zero-order valence-electron chi connectivity index (χ0n) is 10.6. The summed E-state index contributed by atoms with van der Waals surface area (Å²) in [4.78, 5) is 0.685. The Morgan fingerprint density at radius 1 is 1.30 bits per heavy atom. The van der Waals surface area contributed by atoms with Crippen LogP contribution in [-0.4, -0.2) is 19.8 Å². The summed E-state index contributed by atoms with van der Waals surface area (Å²) in [6.45, 7) is 0. The minimum Gasteiger partial charge on any atom is -0.398 e. The Morgan fingerprint density at radius 3 is 2.85 bits per heavy atom. The van der Waals surface area contributed by atoms with Crippen molar-refractivity contribution in [2.24, 2.45) is 0 Å². The van der Waals surface area contributed by atoms with Gasteiger partial charge in [-0.05, 0) is 25.0 Å². The number of halogens is 1. The molecule has 0 aliphatic heterocycles. The van der Waals surface area contributed by atoms with Crippen molar-refractivity contribution in [3.63, 3.8) is 0 Å². The van der Waals surface area contributed by atoms with Gasteiger partial charge in [0.2, 0.25) is 4.96 Å². The van der Waals surface area contributed by atoms with Crippen molar-refractivity contribution in [2.45, 2.75) is 25.2 Å². The molecule has 0 unspecified atom stereocenters. The maximum absolute atomic E-state index is 13.9. The topological polar surface area (TPSA) is 69.1 Å². The van der Waals surface area contributed by atoms with Gasteiger partial charge in [0.05, 0.1) is 5.56 Å². The maximum atomic E-state index is 13.9. The van der Waals surface area contributed by atoms with Crippen LogP contribution in [0.2, 0.25) is 0 Å². The number of nitrogen functional groups attached to an aromatic ring is 1. The molecule has 0 spiro atoms. The SMILES string of the molecule is Nc1cccc(F)c1-c1nn2c(C3CCC3)nnc2s1. The summed E-state index contributed by atoms with van der Waals surface area (Å²) in [5, 5.41) is 13.3. The molecule has 1 aliphatic rings. The fourth-order valence-corrected chi connectivity index (χ4v) is 3.34. The van der Waals surface area contributed by atoms with Crippen molar-refractivity contribution in [3.8, 4) is 10.6 Å². The molecule has 20 heavy (non-hydrogen) atoms. The first kappa shape index (κ1) is 11.8. The highest BCUT2D eigenvalue weighted by molar-refractivity contribution is 7.19. The van der Waals surface area contributed by atoms with Gasteiger partial charge in [-0.1, -0.05) is 23.8 Å². The fourth-order valence-electron chi connectivity index (χ4n) is 2.42. The average molecular weight is 289 g/mol. The summed E-state index contributed by atoms with van der Waals surface area (Å²) in [6.07, 6.45) is 3.46. The smallest absolute Gasteiger partial charge is 0.234 e. The standard InChI is InChI=1S/C13H12FN5S/c14-8-5-2-6-9(15)10(8)12-18-19-11(7-3-1-4-7)16-17-13(19)20-12/h2,5-7H,1,3-4,15H2. The molecule has 2 N–H and O–H groups in total. The van der Waals surface area contributed by atoms with Crippen LogP contribution in [-0.2, 0) is 0 Å². The van der Waals surface area contributed by atoms with Crippen molar-refractivity contribution in [2.75, 3.05) is 5.73 Å². The van der Waals surface area contributed by atoms with Gasteiger partial charge in [-0.25, -0.2) is 4.39 Å². The number of benzene rings is 1. The first-order valence-electron chi connectivity index (χ1n) is 6.50. The van der Waals surface area contributed by atoms with Crippen LogP contribution in [0.25, 0.3) is 15.5 Å². The molecule has 4 rings (SSSR count). The molecule has 0 atom stereocenters. The highest BCUT2D eigenvalue weighted by Gasteiger charge is 2.26. The number of hydrogen-bond donors (Lipinski definition) is 1. The molecule has 0 radical (unpaired) electrons. The van der Waals surface area contributed by atoms with E-state index in [4.69, 9.17) is 5.73 Å². The Morgan fingerprint density at radius 2 is 2.15 bits per heavy atom. The van der Waals surface area contributed by atoms with Gasteiger partial charge in [-0.2, -0.15) is 9.61 Å². The number of nitrogens with two attached hydrogens (primary N) is 1. The minimum atomic E-state index is -0.361. The Bertz CT molecular complexity index is 769. The highest BCUT2D eigenvalue weighted by atomic mass is 32.1. The molecule has 0 saturated heterocycles. The molecule has 1 aromatic carbocycles. The first-order valence-corrected chi connectivity index (χ1v) is 7.32. The van der Waals surface area contributed by atoms with Gasteiger partial charge in [0, 0.05) is 11.6 Å². The second kappa shape index (κ2) is 4.24. The zero-order valence-corrected chi connectivity index (χ0v) is 11.4. The van der Waals surface area contributed by atoms with E-state index in [2.05, 4.69) is 15.3 Å². The van der Waals surface area contributed by atoms with E-state index in [9.17, 15) is 4.39 Å². The Balaban J connectivity index is 1.87. The first-order chi connectivity index (χ1) is 9.74. The number of anilines is 1. The molecule has 5 nitrogen and oxygen atoms in total. The molecule has 0 bridgehead atoms. The van der Waals surface area contributed by atoms with Gasteiger partial charge in [-0.3, -0.25) is 0 Å². The lowest BCUT2D eigenvalue weighted by molar-refractivity contribution is 0.395. The van der Waals surface area contributed by atoms with Crippen molar-refractivity contribution in [1.29, 1.82) is 0 Å². The number of rotatable bonds is 2. The molecule has 102 valence electrons. The van der Waals surface area contributed by atoms with E-state index in [0.717, 1.165) is 18.7 Å². The van der Waals surface area contributed by atoms with Crippen molar-refractivity contribution in [1.82, 2.24) is 19.8 Å². The molecule has 2 heterocycles. The third-order valence-electron chi connectivity index (χ3n) is 3.75. The predicted molar refractivity (Wildman–Crippen MR) is 75.1 cm³/mol. The number of fused-ring (bicyclic) bond motifs is 1. The van der Waals surface area contributed by atoms with Crippen LogP contribution in [0.1, 0.15) is 31.0 Å². The third kappa shape index (κ3) is 1.62. The molecule has 3 aromatic rings. The normalized spacial score (nSPS) is 15.7. The van der Waals surface area contributed by atoms with Crippen LogP contribution < -0.4 is 5.73 Å². The highest BCUT2D eigenvalue weighted by Crippen LogP contribution is 2.37. The van der Waals surface area contributed by atoms with Crippen LogP contribution in [0.4, 0.5) is 10.1 Å². The maximum Gasteiger partial charge on any atom is 0.234 e. The van der Waals surface area contributed by atoms with E-state index in [0.29, 0.717) is 27.1 Å². The number of nitrogens with zero attached hydrogens (tertiary/aromatic N) is 4. The zero-order chi connectivity index (χ0) is 13.7. The number of aromatic nitrogens is 4. The lowest BCUT2D eigenvalue weighted by atomic mass is 9.85. The van der Waals surface area contributed by atoms with Crippen molar-refractivity contribution < 1.29 is 4.39 Å². The van der Waals surface area contributed by atoms with E-state index in [1.165, 1.54) is 23.8 Å². The predicted octanol–water partition coefficient (Wildman–Crippen LogP) is 2.84. The van der Waals surface area contributed by atoms with Crippen LogP contribution in [0.3, 0.4) is 0 Å². The molecule has 0 amide bonds. The minimum absolute atomic E-state index is 0.350. The van der Waals surface area contributed by atoms with Crippen LogP contribution in [0.5, 0.6) is 0 Å². The van der Waals surface area contributed by atoms with E-state index in [1.54, 1.807) is 16.6 Å². The van der Waals surface area contributed by atoms with Gasteiger partial charge < -0.3 is 5.73 Å². The molecule has 1 fully saturated rings.